The molecule has 4 N–H and O–H groups in total. The number of Topliss-reactive ketones (excluding diaryl/α,β-unsaturated/α-hetero) is 3. The van der Waals surface area contributed by atoms with E-state index in [-0.39, 0.29) is 32.0 Å². The van der Waals surface area contributed by atoms with Gasteiger partial charge in [0.05, 0.1) is 59.9 Å². The highest BCUT2D eigenvalue weighted by Crippen LogP contribution is 2.49. The summed E-state index contributed by atoms with van der Waals surface area (Å²) in [6.45, 7) is 7.96. The van der Waals surface area contributed by atoms with Crippen molar-refractivity contribution in [1.29, 1.82) is 5.53 Å². The Morgan fingerprint density at radius 1 is 0.534 bits per heavy atom. The van der Waals surface area contributed by atoms with Crippen LogP contribution in [0.25, 0.3) is 11.1 Å². The number of aldehydes is 1. The largest absolute Gasteiger partial charge is 0.490 e. The third-order valence-electron chi connectivity index (χ3n) is 24.3. The number of nitrogens with one attached hydrogen (secondary N) is 2. The second-order valence-corrected chi connectivity index (χ2v) is 37.4. The summed E-state index contributed by atoms with van der Waals surface area (Å²) in [6, 6.07) is 44.5. The molecule has 7 aliphatic heterocycles. The van der Waals surface area contributed by atoms with Gasteiger partial charge in [-0.2, -0.15) is 40.6 Å². The molecule has 6 aliphatic carbocycles. The molecule has 133 heavy (non-hydrogen) atoms. The maximum atomic E-state index is 12.3. The fourth-order valence-corrected chi connectivity index (χ4v) is 18.3. The van der Waals surface area contributed by atoms with Crippen LogP contribution in [-0.4, -0.2) is 150 Å². The van der Waals surface area contributed by atoms with Crippen LogP contribution in [0.3, 0.4) is 0 Å². The molecule has 9 heterocycles. The highest BCUT2D eigenvalue weighted by Gasteiger charge is 2.47. The smallest absolute Gasteiger partial charge is 0.475 e. The number of aliphatic hydroxyl groups is 1. The lowest BCUT2D eigenvalue weighted by atomic mass is 9.77. The number of rotatable bonds is 11. The number of aliphatic carboxylic acids is 1. The van der Waals surface area contributed by atoms with Crippen molar-refractivity contribution in [2.45, 2.75) is 200 Å². The van der Waals surface area contributed by atoms with E-state index in [9.17, 15) is 54.3 Å². The average Bonchev–Trinajstić information content (AvgIpc) is 1.72. The maximum Gasteiger partial charge on any atom is 0.490 e. The molecule has 9 aromatic rings. The van der Waals surface area contributed by atoms with Crippen molar-refractivity contribution in [3.8, 4) is 57.5 Å². The molecule has 0 radical (unpaired) electrons. The van der Waals surface area contributed by atoms with Crippen molar-refractivity contribution >= 4 is 82.4 Å². The van der Waals surface area contributed by atoms with Gasteiger partial charge >= 0.3 is 12.1 Å². The molecule has 2 saturated heterocycles. The highest BCUT2D eigenvalue weighted by molar-refractivity contribution is 9.10. The number of carboxylic acid groups (broad SMARTS) is 1. The Balaban J connectivity index is 0.000000139. The van der Waals surface area contributed by atoms with Crippen molar-refractivity contribution in [3.05, 3.63) is 219 Å². The van der Waals surface area contributed by atoms with Crippen molar-refractivity contribution in [3.63, 3.8) is 0 Å². The molecule has 2 aromatic heterocycles. The van der Waals surface area contributed by atoms with Gasteiger partial charge in [0.1, 0.15) is 17.3 Å². The van der Waals surface area contributed by atoms with Crippen molar-refractivity contribution in [2.75, 3.05) is 60.4 Å². The van der Waals surface area contributed by atoms with Gasteiger partial charge in [-0.05, 0) is 233 Å². The number of allylic oxidation sites excluding steroid dienone is 2. The first-order valence-corrected chi connectivity index (χ1v) is 47.4. The predicted octanol–water partition coefficient (Wildman–Crippen LogP) is 18.7. The lowest BCUT2D eigenvalue weighted by Crippen LogP contribution is -2.42. The Morgan fingerprint density at radius 3 is 1.47 bits per heavy atom. The molecule has 7 aromatic carbocycles. The van der Waals surface area contributed by atoms with Crippen LogP contribution in [0, 0.1) is 19.4 Å². The number of ether oxygens (including phenoxy) is 14. The zero-order valence-corrected chi connectivity index (χ0v) is 76.3. The molecular weight excluding hydrogens is 1840 g/mol. The number of alkyl halides is 3. The summed E-state index contributed by atoms with van der Waals surface area (Å²) in [5.41, 5.74) is 17.2. The normalized spacial score (nSPS) is 19.2. The summed E-state index contributed by atoms with van der Waals surface area (Å²) < 4.78 is 159. The molecule has 710 valence electrons. The molecule has 0 unspecified atom stereocenters. The van der Waals surface area contributed by atoms with Gasteiger partial charge in [-0.1, -0.05) is 86.2 Å². The van der Waals surface area contributed by atoms with E-state index >= 15 is 0 Å². The first-order chi connectivity index (χ1) is 63.9. The van der Waals surface area contributed by atoms with Crippen LogP contribution >= 0.6 is 15.9 Å². The van der Waals surface area contributed by atoms with Gasteiger partial charge in [-0.25, -0.2) is 14.6 Å². The van der Waals surface area contributed by atoms with E-state index in [1.54, 1.807) is 48.9 Å². The molecule has 37 heteroatoms. The van der Waals surface area contributed by atoms with E-state index in [1.165, 1.54) is 47.2 Å². The Morgan fingerprint density at radius 2 is 0.985 bits per heavy atom. The molecule has 13 aliphatic rings. The first kappa shape index (κ1) is 97.2. The molecule has 2 spiro atoms. The zero-order chi connectivity index (χ0) is 93.9. The van der Waals surface area contributed by atoms with E-state index in [0.29, 0.717) is 126 Å². The molecule has 7 fully saturated rings. The number of aryl methyl sites for hydroxylation is 2. The summed E-state index contributed by atoms with van der Waals surface area (Å²) in [7, 11) is -7.34. The van der Waals surface area contributed by atoms with Crippen LogP contribution in [-0.2, 0) is 63.8 Å². The number of carboxylic acids is 1. The van der Waals surface area contributed by atoms with Crippen LogP contribution in [0.1, 0.15) is 205 Å². The Hall–Kier alpha value is -11.8. The SMILES string of the molecule is Brc1ccc2c(c1)OCO2.Cc1ccc(S(=O)(=O)N=N)cc1.Cc1ccc(S(=O)(=O)NN=C2CCC(c3ccc4c(c3)OCO4)CC2)cc1.O=C(O)C(F)(F)F.O=C1CC=C(c2ccc3c(c2)OCO3)CC1.O=C1CCC(c2ccc3c(c2)OCO3)CC1.O=C1CCC2(CC1)OCCO2.O=Cc1c(C2CC2)ccn2cncc12.OC1(c2ccc3c(c2)OCO3)CCC2(CC1)OCCO2.[HH].[HH]. The number of sulfonamides is 2. The topological polar surface area (TPSA) is 401 Å². The molecule has 0 amide bonds. The highest BCUT2D eigenvalue weighted by atomic mass is 79.9. The number of aromatic nitrogens is 2. The minimum absolute atomic E-state index is 0. The lowest BCUT2D eigenvalue weighted by Gasteiger charge is -2.40. The molecule has 5 saturated carbocycles. The number of hydrogen-bond acceptors (Lipinski definition) is 27. The van der Waals surface area contributed by atoms with Gasteiger partial charge in [0.2, 0.25) is 34.0 Å². The number of carbonyl (C=O) groups excluding carboxylic acids is 4. The number of ketones is 3. The fraction of sp³-hybridized carbons (Fsp3) is 0.406. The summed E-state index contributed by atoms with van der Waals surface area (Å²) in [6.07, 6.45) is 20.1. The number of hydrogen-bond donors (Lipinski definition) is 4. The third kappa shape index (κ3) is 26.0. The summed E-state index contributed by atoms with van der Waals surface area (Å²) >= 11 is 3.33. The maximum absolute atomic E-state index is 12.3. The summed E-state index contributed by atoms with van der Waals surface area (Å²) in [5, 5.41) is 22.2. The van der Waals surface area contributed by atoms with Gasteiger partial charge in [0.25, 0.3) is 20.0 Å². The number of halogens is 4. The summed E-state index contributed by atoms with van der Waals surface area (Å²) in [4.78, 5) is 59.8. The summed E-state index contributed by atoms with van der Waals surface area (Å²) in [5.74, 6) is 6.99. The standard InChI is InChI=1S/C20H22N2O4S.C15H18O5.C13H14O3.C13H12O3.C11H10N2O.C8H12O3.C7H5BrO2.C7H8N2O2S.C2HF3O2.2H2/c1-14-2-9-18(10-3-14)27(23,24)22-21-17-7-4-15(5-8-17)16-6-11-19-20(12-16)26-13-25-19;16-14(3-5-15(6-4-14)19-7-8-20-15)11-1-2-12-13(9-11)18-10-17-12;2*14-11-4-1-9(2-5-11)10-3-6-12-13(7-10)16-8-15-12;14-6-10-9(8-1-2-8)3-4-13-7-12-5-11(10)13;9-7-1-3-8(4-2-7)10-5-6-11-8;8-5-1-2-6-7(3-5)10-4-9-6;1-6-2-4-7(5-3-6)12(10,11)9-8;3-2(4,5)1(6)7;;/h2-3,6,9-12,15,22H,4-5,7-8,13H2,1H3;1-2,9,16H,3-8,10H2;3,6-7,9H,1-2,4-5,8H2;1,3,6-7H,2,4-5,8H2;3-8H,1-2H2;1-6H2;1-3H,4H2;2-5,8H,1H3;(H,6,7);2*1H. The number of hydrazone groups is 1. The minimum Gasteiger partial charge on any atom is -0.475 e. The average molecular weight is 1940 g/mol. The Kier molecular flexibility index (Phi) is 32.1. The second kappa shape index (κ2) is 43.9. The second-order valence-electron chi connectivity index (χ2n) is 33.2. The van der Waals surface area contributed by atoms with Gasteiger partial charge in [0, 0.05) is 89.0 Å². The molecular formula is C96H106BrF3N6O25S2. The lowest BCUT2D eigenvalue weighted by molar-refractivity contribution is -0.204. The van der Waals surface area contributed by atoms with Crippen molar-refractivity contribution < 1.29 is 133 Å². The number of imidazole rings is 1. The minimum atomic E-state index is -5.08. The fourth-order valence-electron chi connectivity index (χ4n) is 16.5. The van der Waals surface area contributed by atoms with E-state index in [0.717, 1.165) is 185 Å². The Bertz CT molecular complexity index is 5960. The van der Waals surface area contributed by atoms with E-state index in [4.69, 9.17) is 81.7 Å². The number of carbonyl (C=O) groups is 5. The van der Waals surface area contributed by atoms with Gasteiger partial charge in [0.15, 0.2) is 75.4 Å². The zero-order valence-electron chi connectivity index (χ0n) is 73.1. The number of nitrogens with zero attached hydrogens (tertiary/aromatic N) is 4. The van der Waals surface area contributed by atoms with Gasteiger partial charge in [-0.15, -0.1) is 0 Å². The van der Waals surface area contributed by atoms with Crippen molar-refractivity contribution in [2.24, 2.45) is 9.62 Å². The van der Waals surface area contributed by atoms with E-state index < -0.39 is 43.6 Å². The molecule has 0 atom stereocenters. The number of fused-ring (bicyclic) bond motifs is 6. The van der Waals surface area contributed by atoms with E-state index in [2.05, 4.69) is 59.6 Å². The van der Waals surface area contributed by atoms with Crippen LogP contribution in [0.2, 0.25) is 0 Å². The first-order valence-electron chi connectivity index (χ1n) is 43.6. The van der Waals surface area contributed by atoms with Gasteiger partial charge in [-0.3, -0.25) is 19.2 Å². The Labute approximate surface area is 777 Å². The van der Waals surface area contributed by atoms with Crippen LogP contribution in [0.5, 0.6) is 57.5 Å². The van der Waals surface area contributed by atoms with Crippen LogP contribution in [0.4, 0.5) is 13.2 Å². The number of benzene rings is 7. The quantitative estimate of drug-likeness (QED) is 0.0531. The molecule has 31 nitrogen and oxygen atoms in total. The van der Waals surface area contributed by atoms with Gasteiger partial charge < -0.3 is 80.9 Å². The predicted molar refractivity (Wildman–Crippen MR) is 483 cm³/mol. The van der Waals surface area contributed by atoms with Crippen molar-refractivity contribution in [1.82, 2.24) is 14.2 Å². The molecule has 22 rings (SSSR count). The van der Waals surface area contributed by atoms with Crippen LogP contribution < -0.4 is 52.2 Å². The van der Waals surface area contributed by atoms with Crippen LogP contribution in [0.15, 0.2) is 194 Å². The van der Waals surface area contributed by atoms with E-state index in [1.807, 2.05) is 103 Å². The molecule has 0 bridgehead atoms. The third-order valence-corrected chi connectivity index (χ3v) is 27.1. The number of pyridine rings is 1. The monoisotopic (exact) mass is 1940 g/mol.